The summed E-state index contributed by atoms with van der Waals surface area (Å²) in [5.74, 6) is 0. The van der Waals surface area contributed by atoms with E-state index >= 15 is 0 Å². The fourth-order valence-corrected chi connectivity index (χ4v) is 1.57. The van der Waals surface area contributed by atoms with Crippen molar-refractivity contribution in [3.8, 4) is 0 Å². The van der Waals surface area contributed by atoms with E-state index in [2.05, 4.69) is 6.92 Å². The molecule has 0 N–H and O–H groups in total. The molecule has 2 heteroatoms. The van der Waals surface area contributed by atoms with Gasteiger partial charge < -0.3 is 0 Å². The second kappa shape index (κ2) is 5.10. The quantitative estimate of drug-likeness (QED) is 0.415. The van der Waals surface area contributed by atoms with Crippen molar-refractivity contribution < 1.29 is 23.3 Å². The van der Waals surface area contributed by atoms with Crippen molar-refractivity contribution in [2.45, 2.75) is 12.5 Å². The average molecular weight is 161 g/mol. The molecule has 0 aliphatic heterocycles. The molecule has 0 aromatic heterocycles. The van der Waals surface area contributed by atoms with Crippen LogP contribution in [0.3, 0.4) is 0 Å². The van der Waals surface area contributed by atoms with Crippen LogP contribution >= 0.6 is 0 Å². The number of rotatable bonds is 2. The first-order valence-electron chi connectivity index (χ1n) is 1.60. The second-order valence-corrected chi connectivity index (χ2v) is 4.24. The van der Waals surface area contributed by atoms with Gasteiger partial charge in [-0.25, -0.2) is 0 Å². The third-order valence-corrected chi connectivity index (χ3v) is 2.75. The molecule has 1 radical (unpaired) electrons. The van der Waals surface area contributed by atoms with Crippen molar-refractivity contribution in [3.05, 3.63) is 6.92 Å². The summed E-state index contributed by atoms with van der Waals surface area (Å²) in [5.41, 5.74) is 0. The van der Waals surface area contributed by atoms with E-state index in [1.807, 2.05) is 0 Å². The van der Waals surface area contributed by atoms with Crippen LogP contribution in [0, 0.1) is 6.92 Å². The molecule has 0 saturated heterocycles. The van der Waals surface area contributed by atoms with E-state index in [9.17, 15) is 0 Å². The molecule has 0 aromatic rings. The van der Waals surface area contributed by atoms with Crippen LogP contribution in [0.25, 0.3) is 0 Å². The Hall–Kier alpha value is 1.10. The molecule has 0 rings (SSSR count). The monoisotopic (exact) mass is 160 g/mol. The molecular formula is C3H6SiZr-. The van der Waals surface area contributed by atoms with Crippen LogP contribution in [-0.4, -0.2) is 6.16 Å². The van der Waals surface area contributed by atoms with Gasteiger partial charge in [0.2, 0.25) is 0 Å². The zero-order valence-corrected chi connectivity index (χ0v) is 6.58. The van der Waals surface area contributed by atoms with Gasteiger partial charge in [-0.3, -0.25) is 0 Å². The average Bonchev–Trinajstić information content (AvgIpc) is 1.41. The van der Waals surface area contributed by atoms with Crippen LogP contribution < -0.4 is 0 Å². The molecule has 0 aliphatic carbocycles. The summed E-state index contributed by atoms with van der Waals surface area (Å²) >= 11 is 1.67. The van der Waals surface area contributed by atoms with E-state index in [4.69, 9.17) is 0 Å². The second-order valence-electron chi connectivity index (χ2n) is 0.780. The summed E-state index contributed by atoms with van der Waals surface area (Å²) in [4.78, 5) is 0. The molecule has 0 fully saturated rings. The Labute approximate surface area is 48.9 Å². The van der Waals surface area contributed by atoms with Gasteiger partial charge in [0.25, 0.3) is 0 Å². The predicted octanol–water partition coefficient (Wildman–Crippen LogP) is 0.795. The van der Waals surface area contributed by atoms with Gasteiger partial charge in [-0.05, 0) is 0 Å². The Morgan fingerprint density at radius 1 is 1.80 bits per heavy atom. The van der Waals surface area contributed by atoms with E-state index < -0.39 is 0 Å². The van der Waals surface area contributed by atoms with Crippen LogP contribution in [0.1, 0.15) is 6.42 Å². The van der Waals surface area contributed by atoms with Crippen LogP contribution in [-0.2, 0) is 23.3 Å². The van der Waals surface area contributed by atoms with E-state index in [1.54, 1.807) is 23.3 Å². The van der Waals surface area contributed by atoms with Gasteiger partial charge in [-0.1, -0.05) is 0 Å². The number of hydrogen-bond acceptors (Lipinski definition) is 0. The fourth-order valence-electron chi connectivity index (χ4n) is 0.0884. The summed E-state index contributed by atoms with van der Waals surface area (Å²) in [6.07, 6.45) is 2.31. The van der Waals surface area contributed by atoms with Gasteiger partial charge in [0.05, 0.1) is 0 Å². The Morgan fingerprint density at radius 3 is 2.40 bits per heavy atom. The molecule has 0 atom stereocenters. The van der Waals surface area contributed by atoms with Gasteiger partial charge in [0, 0.05) is 0 Å². The minimum absolute atomic E-state index is 1.13. The normalized spacial score (nSPS) is 7.20. The molecule has 0 aromatic carbocycles. The third-order valence-electron chi connectivity index (χ3n) is 0.302. The fraction of sp³-hybridized carbons (Fsp3) is 0.667. The van der Waals surface area contributed by atoms with E-state index in [1.165, 1.54) is 12.2 Å². The van der Waals surface area contributed by atoms with Crippen molar-refractivity contribution >= 4 is 6.16 Å². The SMILES string of the molecule is [CH2-]CC[Si]=[Zr]. The van der Waals surface area contributed by atoms with Crippen molar-refractivity contribution in [2.24, 2.45) is 0 Å². The molecule has 0 amide bonds. The summed E-state index contributed by atoms with van der Waals surface area (Å²) in [6.45, 7) is 3.70. The Balaban J connectivity index is 2.40. The molecule has 0 bridgehead atoms. The Morgan fingerprint density at radius 2 is 2.40 bits per heavy atom. The standard InChI is InChI=1S/C3H6Si.Zr/c1-2-3-4;/h1-3H2;/q-1;. The zero-order valence-electron chi connectivity index (χ0n) is 3.12. The third kappa shape index (κ3) is 5.10. The molecule has 0 nitrogen and oxygen atoms in total. The van der Waals surface area contributed by atoms with E-state index in [0.717, 1.165) is 6.42 Å². The van der Waals surface area contributed by atoms with Crippen LogP contribution in [0.4, 0.5) is 0 Å². The minimum atomic E-state index is 1.13. The molecular weight excluding hydrogens is 155 g/mol. The van der Waals surface area contributed by atoms with Gasteiger partial charge in [-0.15, -0.1) is 0 Å². The summed E-state index contributed by atoms with van der Waals surface area (Å²) in [6, 6.07) is 1.35. The van der Waals surface area contributed by atoms with Gasteiger partial charge >= 0.3 is 48.9 Å². The molecule has 5 heavy (non-hydrogen) atoms. The first-order valence-corrected chi connectivity index (χ1v) is 6.50. The maximum atomic E-state index is 3.70. The molecule has 0 saturated carbocycles. The number of hydrogen-bond donors (Lipinski definition) is 0. The summed E-state index contributed by atoms with van der Waals surface area (Å²) in [7, 11) is 0. The van der Waals surface area contributed by atoms with Crippen molar-refractivity contribution in [3.63, 3.8) is 0 Å². The summed E-state index contributed by atoms with van der Waals surface area (Å²) < 4.78 is 0. The van der Waals surface area contributed by atoms with Crippen LogP contribution in [0.5, 0.6) is 0 Å². The molecule has 0 heterocycles. The first kappa shape index (κ1) is 6.10. The molecule has 0 spiro atoms. The van der Waals surface area contributed by atoms with Gasteiger partial charge in [0.15, 0.2) is 0 Å². The molecule has 0 unspecified atom stereocenters. The zero-order chi connectivity index (χ0) is 4.12. The molecule has 27 valence electrons. The van der Waals surface area contributed by atoms with Gasteiger partial charge in [0.1, 0.15) is 0 Å². The van der Waals surface area contributed by atoms with Crippen molar-refractivity contribution in [1.82, 2.24) is 0 Å². The molecule has 0 aliphatic rings. The van der Waals surface area contributed by atoms with Crippen molar-refractivity contribution in [2.75, 3.05) is 0 Å². The van der Waals surface area contributed by atoms with Crippen LogP contribution in [0.2, 0.25) is 6.04 Å². The van der Waals surface area contributed by atoms with Crippen molar-refractivity contribution in [1.29, 1.82) is 0 Å². The first-order chi connectivity index (χ1) is 2.41. The Bertz CT molecular complexity index is 28.1. The van der Waals surface area contributed by atoms with E-state index in [-0.39, 0.29) is 0 Å². The predicted molar refractivity (Wildman–Crippen MR) is 20.5 cm³/mol. The summed E-state index contributed by atoms with van der Waals surface area (Å²) in [5, 5.41) is 0. The Kier molecular flexibility index (Phi) is 6.22. The maximum absolute atomic E-state index is 3.70. The van der Waals surface area contributed by atoms with E-state index in [0.29, 0.717) is 0 Å². The van der Waals surface area contributed by atoms with Gasteiger partial charge in [-0.2, -0.15) is 0 Å². The van der Waals surface area contributed by atoms with Crippen LogP contribution in [0.15, 0.2) is 0 Å². The topological polar surface area (TPSA) is 0 Å².